The summed E-state index contributed by atoms with van der Waals surface area (Å²) in [5.74, 6) is 7.47. The molecule has 0 bridgehead atoms. The summed E-state index contributed by atoms with van der Waals surface area (Å²) in [5, 5.41) is 0. The van der Waals surface area contributed by atoms with Crippen LogP contribution in [0, 0.1) is 0 Å². The maximum atomic E-state index is 5.46. The van der Waals surface area contributed by atoms with E-state index in [1.807, 2.05) is 12.1 Å². The van der Waals surface area contributed by atoms with Crippen molar-refractivity contribution in [3.05, 3.63) is 72.1 Å². The second-order valence-electron chi connectivity index (χ2n) is 13.4. The molecule has 2 nitrogen and oxygen atoms in total. The first-order chi connectivity index (χ1) is 20.9. The molecule has 0 aromatic carbocycles. The van der Waals surface area contributed by atoms with Crippen LogP contribution in [0.5, 0.6) is 0 Å². The fourth-order valence-electron chi connectivity index (χ4n) is 8.04. The van der Waals surface area contributed by atoms with Crippen molar-refractivity contribution in [3.8, 4) is 0 Å². The predicted octanol–water partition coefficient (Wildman–Crippen LogP) is 6.97. The van der Waals surface area contributed by atoms with Crippen LogP contribution in [-0.4, -0.2) is 22.6 Å². The fraction of sp³-hybridized carbons (Fsp3) is 0.684. The third kappa shape index (κ3) is 14.3. The van der Waals surface area contributed by atoms with E-state index in [-0.39, 0.29) is 61.1 Å². The van der Waals surface area contributed by atoms with Crippen molar-refractivity contribution in [1.82, 2.24) is 0 Å². The summed E-state index contributed by atoms with van der Waals surface area (Å²) in [4.78, 5) is 0. The van der Waals surface area contributed by atoms with E-state index < -0.39 is 0 Å². The molecule has 2 aromatic heterocycles. The standard InChI is InChI=1S/2C19H29OP.2ClH.Pd/c2*1-3-11-18(12-4-1)21(19-13-5-2-6-14-19)16-8-10-17-9-7-15-20-17;;;/h2*7-9,15-16,18-19H,1-6,10-14H2;2*1H;/q;;;;+2/p-2. The minimum absolute atomic E-state index is 0. The number of halogens is 2. The maximum Gasteiger partial charge on any atom is 2.00 e. The van der Waals surface area contributed by atoms with Gasteiger partial charge in [0.05, 0.1) is 12.5 Å². The summed E-state index contributed by atoms with van der Waals surface area (Å²) >= 11 is 0. The van der Waals surface area contributed by atoms with Crippen LogP contribution in [0.2, 0.25) is 0 Å². The molecule has 0 amide bonds. The van der Waals surface area contributed by atoms with E-state index in [1.54, 1.807) is 12.5 Å². The first-order valence-electron chi connectivity index (χ1n) is 17.8. The van der Waals surface area contributed by atoms with Crippen molar-refractivity contribution in [3.63, 3.8) is 0 Å². The summed E-state index contributed by atoms with van der Waals surface area (Å²) in [5.41, 5.74) is 4.07. The summed E-state index contributed by atoms with van der Waals surface area (Å²) in [6, 6.07) is 8.17. The number of rotatable bonds is 10. The van der Waals surface area contributed by atoms with Crippen molar-refractivity contribution in [2.75, 3.05) is 0 Å². The number of hydrogen-bond acceptors (Lipinski definition) is 2. The molecule has 4 saturated carbocycles. The SMILES string of the molecule is C(=CP(C1CCCCC1)C1CCCCC1)Cc1ccco1.C(=CP(C1CCCCC1)C1CCCCC1)Cc1ccco1.[Cl-].[Cl-].[Pd+2]. The second kappa shape index (κ2) is 24.3. The van der Waals surface area contributed by atoms with Gasteiger partial charge in [-0.25, -0.2) is 0 Å². The van der Waals surface area contributed by atoms with Gasteiger partial charge in [-0.05, 0) is 98.3 Å². The van der Waals surface area contributed by atoms with Gasteiger partial charge >= 0.3 is 20.4 Å². The van der Waals surface area contributed by atoms with Gasteiger partial charge in [0.25, 0.3) is 0 Å². The van der Waals surface area contributed by atoms with Gasteiger partial charge in [-0.1, -0.05) is 117 Å². The number of furan rings is 2. The van der Waals surface area contributed by atoms with Crippen LogP contribution in [0.25, 0.3) is 0 Å². The maximum absolute atomic E-state index is 5.46. The van der Waals surface area contributed by atoms with E-state index in [9.17, 15) is 0 Å². The van der Waals surface area contributed by atoms with Crippen LogP contribution in [0.15, 0.2) is 69.4 Å². The smallest absolute Gasteiger partial charge is 1.00 e. The van der Waals surface area contributed by atoms with Crippen LogP contribution in [0.3, 0.4) is 0 Å². The first-order valence-corrected chi connectivity index (χ1v) is 20.9. The zero-order valence-corrected chi connectivity index (χ0v) is 32.3. The Hall–Kier alpha value is 0.142. The molecule has 0 saturated heterocycles. The van der Waals surface area contributed by atoms with E-state index >= 15 is 0 Å². The quantitative estimate of drug-likeness (QED) is 0.192. The second-order valence-corrected chi connectivity index (χ2v) is 18.7. The van der Waals surface area contributed by atoms with E-state index in [2.05, 4.69) is 35.9 Å². The van der Waals surface area contributed by atoms with Gasteiger partial charge in [-0.15, -0.1) is 0 Å². The molecular weight excluding hydrogens is 728 g/mol. The molecule has 256 valence electrons. The number of hydrogen-bond donors (Lipinski definition) is 0. The zero-order chi connectivity index (χ0) is 28.7. The molecule has 4 aliphatic rings. The van der Waals surface area contributed by atoms with Gasteiger partial charge in [0.15, 0.2) is 0 Å². The minimum Gasteiger partial charge on any atom is -1.00 e. The van der Waals surface area contributed by atoms with Gasteiger partial charge < -0.3 is 33.6 Å². The van der Waals surface area contributed by atoms with Crippen molar-refractivity contribution in [2.45, 2.75) is 164 Å². The van der Waals surface area contributed by atoms with Gasteiger partial charge in [-0.2, -0.15) is 0 Å². The monoisotopic (exact) mass is 784 g/mol. The molecule has 2 heterocycles. The summed E-state index contributed by atoms with van der Waals surface area (Å²) in [7, 11) is 0.198. The average molecular weight is 786 g/mol. The molecule has 4 fully saturated rings. The molecule has 7 heteroatoms. The van der Waals surface area contributed by atoms with E-state index in [0.717, 1.165) is 47.0 Å². The van der Waals surface area contributed by atoms with E-state index in [0.29, 0.717) is 0 Å². The van der Waals surface area contributed by atoms with Crippen LogP contribution in [-0.2, 0) is 33.3 Å². The molecule has 45 heavy (non-hydrogen) atoms. The van der Waals surface area contributed by atoms with Gasteiger partial charge in [-0.3, -0.25) is 0 Å². The molecule has 0 atom stereocenters. The first kappa shape index (κ1) is 41.3. The average Bonchev–Trinajstić information content (AvgIpc) is 3.79. The Morgan fingerprint density at radius 1 is 0.489 bits per heavy atom. The fourth-order valence-corrected chi connectivity index (χ4v) is 14.7. The summed E-state index contributed by atoms with van der Waals surface area (Å²) < 4.78 is 10.9. The van der Waals surface area contributed by atoms with E-state index in [4.69, 9.17) is 8.83 Å². The molecule has 0 N–H and O–H groups in total. The summed E-state index contributed by atoms with van der Waals surface area (Å²) in [6.07, 6.45) is 40.0. The topological polar surface area (TPSA) is 26.3 Å². The van der Waals surface area contributed by atoms with Crippen molar-refractivity contribution in [2.24, 2.45) is 0 Å². The Bertz CT molecular complexity index is 886. The van der Waals surface area contributed by atoms with Gasteiger partial charge in [0, 0.05) is 12.8 Å². The normalized spacial score (nSPS) is 20.8. The third-order valence-corrected chi connectivity index (χ3v) is 16.9. The minimum atomic E-state index is 0. The Morgan fingerprint density at radius 2 is 0.778 bits per heavy atom. The van der Waals surface area contributed by atoms with Gasteiger partial charge in [0.2, 0.25) is 0 Å². The number of allylic oxidation sites excluding steroid dienone is 2. The molecule has 6 rings (SSSR count). The van der Waals surface area contributed by atoms with Crippen LogP contribution in [0.1, 0.15) is 140 Å². The molecule has 0 unspecified atom stereocenters. The van der Waals surface area contributed by atoms with Gasteiger partial charge in [0.1, 0.15) is 11.5 Å². The third-order valence-electron chi connectivity index (χ3n) is 10.3. The Morgan fingerprint density at radius 3 is 1.02 bits per heavy atom. The van der Waals surface area contributed by atoms with E-state index in [1.165, 1.54) is 128 Å². The van der Waals surface area contributed by atoms with Crippen molar-refractivity contribution >= 4 is 15.8 Å². The van der Waals surface area contributed by atoms with Crippen molar-refractivity contribution in [1.29, 1.82) is 0 Å². The van der Waals surface area contributed by atoms with Crippen molar-refractivity contribution < 1.29 is 54.1 Å². The van der Waals surface area contributed by atoms with Crippen LogP contribution >= 0.6 is 15.8 Å². The molecule has 0 aliphatic heterocycles. The molecular formula is C38H58Cl2O2P2Pd. The largest absolute Gasteiger partial charge is 2.00 e. The van der Waals surface area contributed by atoms with Crippen LogP contribution in [0.4, 0.5) is 0 Å². The molecule has 0 spiro atoms. The molecule has 4 aliphatic carbocycles. The molecule has 0 radical (unpaired) electrons. The Kier molecular flexibility index (Phi) is 22.3. The van der Waals surface area contributed by atoms with Crippen LogP contribution < -0.4 is 24.8 Å². The predicted molar refractivity (Wildman–Crippen MR) is 184 cm³/mol. The Balaban J connectivity index is 0.000000294. The molecule has 2 aromatic rings. The summed E-state index contributed by atoms with van der Waals surface area (Å²) in [6.45, 7) is 0. The zero-order valence-electron chi connectivity index (χ0n) is 27.4. The Labute approximate surface area is 304 Å².